The topological polar surface area (TPSA) is 40.5 Å². The van der Waals surface area contributed by atoms with Crippen LogP contribution in [0.3, 0.4) is 0 Å². The van der Waals surface area contributed by atoms with Crippen molar-refractivity contribution >= 4 is 0 Å². The Kier molecular flexibility index (Phi) is 5.49. The maximum atomic E-state index is 10.6. The molecule has 0 spiro atoms. The third-order valence-electron chi connectivity index (χ3n) is 9.74. The lowest BCUT2D eigenvalue weighted by Crippen LogP contribution is -2.48. The molecule has 8 atom stereocenters. The van der Waals surface area contributed by atoms with Crippen LogP contribution < -0.4 is 0 Å². The SMILES string of the molecule is C#C[C@]1(O)CC[C@H]2C(=CCC3C2CC[C@@]2(C)C3CC[C@@H]2C(C)CCC(C)(C)O)C1. The Morgan fingerprint density at radius 1 is 1.21 bits per heavy atom. The van der Waals surface area contributed by atoms with Crippen molar-refractivity contribution in [2.45, 2.75) is 103 Å². The highest BCUT2D eigenvalue weighted by Gasteiger charge is 2.57. The van der Waals surface area contributed by atoms with E-state index < -0.39 is 11.2 Å². The number of fused-ring (bicyclic) bond motifs is 5. The van der Waals surface area contributed by atoms with Gasteiger partial charge in [0.25, 0.3) is 0 Å². The zero-order valence-corrected chi connectivity index (χ0v) is 19.1. The highest BCUT2D eigenvalue weighted by atomic mass is 16.3. The van der Waals surface area contributed by atoms with Crippen LogP contribution in [0.15, 0.2) is 11.6 Å². The Labute approximate surface area is 178 Å². The first-order valence-corrected chi connectivity index (χ1v) is 12.2. The van der Waals surface area contributed by atoms with Crippen LogP contribution in [0.5, 0.6) is 0 Å². The van der Waals surface area contributed by atoms with Crippen molar-refractivity contribution in [3.05, 3.63) is 11.6 Å². The van der Waals surface area contributed by atoms with Crippen LogP contribution >= 0.6 is 0 Å². The molecule has 29 heavy (non-hydrogen) atoms. The van der Waals surface area contributed by atoms with E-state index in [1.807, 2.05) is 13.8 Å². The van der Waals surface area contributed by atoms with Gasteiger partial charge in [0.15, 0.2) is 0 Å². The number of rotatable bonds is 4. The standard InChI is InChI=1S/C27H42O2/c1-6-27(29)16-13-20-19(17-27)7-8-22-21(20)12-15-26(5)23(9-10-24(22)26)18(2)11-14-25(3,4)28/h1,7,18,20-24,28-29H,8-17H2,2-5H3/t18?,20-,21?,22?,23+,24?,26+,27-/m0/s1. The maximum Gasteiger partial charge on any atom is 0.128 e. The fourth-order valence-corrected chi connectivity index (χ4v) is 8.17. The van der Waals surface area contributed by atoms with Gasteiger partial charge in [-0.15, -0.1) is 6.42 Å². The second-order valence-corrected chi connectivity index (χ2v) is 12.0. The summed E-state index contributed by atoms with van der Waals surface area (Å²) in [6.45, 7) is 8.93. The van der Waals surface area contributed by atoms with Crippen molar-refractivity contribution in [2.75, 3.05) is 0 Å². The third-order valence-corrected chi connectivity index (χ3v) is 9.74. The van der Waals surface area contributed by atoms with Gasteiger partial charge in [-0.3, -0.25) is 0 Å². The second-order valence-electron chi connectivity index (χ2n) is 12.0. The Balaban J connectivity index is 1.49. The number of terminal acetylenes is 1. The molecule has 2 heteroatoms. The van der Waals surface area contributed by atoms with E-state index in [9.17, 15) is 10.2 Å². The molecule has 0 radical (unpaired) electrons. The lowest BCUT2D eigenvalue weighted by atomic mass is 9.50. The van der Waals surface area contributed by atoms with Crippen LogP contribution in [0.25, 0.3) is 0 Å². The summed E-state index contributed by atoms with van der Waals surface area (Å²) in [5.74, 6) is 7.31. The van der Waals surface area contributed by atoms with Gasteiger partial charge in [-0.2, -0.15) is 0 Å². The van der Waals surface area contributed by atoms with Gasteiger partial charge >= 0.3 is 0 Å². The molecule has 0 aromatic rings. The first kappa shape index (κ1) is 21.5. The first-order chi connectivity index (χ1) is 13.6. The monoisotopic (exact) mass is 398 g/mol. The predicted molar refractivity (Wildman–Crippen MR) is 119 cm³/mol. The minimum atomic E-state index is -0.896. The van der Waals surface area contributed by atoms with E-state index in [0.29, 0.717) is 23.7 Å². The van der Waals surface area contributed by atoms with Gasteiger partial charge < -0.3 is 10.2 Å². The molecule has 4 unspecified atom stereocenters. The molecule has 2 N–H and O–H groups in total. The van der Waals surface area contributed by atoms with Gasteiger partial charge in [-0.05, 0) is 113 Å². The van der Waals surface area contributed by atoms with Crippen LogP contribution in [0.2, 0.25) is 0 Å². The summed E-state index contributed by atoms with van der Waals surface area (Å²) >= 11 is 0. The summed E-state index contributed by atoms with van der Waals surface area (Å²) in [4.78, 5) is 0. The fraction of sp³-hybridized carbons (Fsp3) is 0.852. The van der Waals surface area contributed by atoms with Gasteiger partial charge in [0.1, 0.15) is 5.60 Å². The molecule has 3 saturated carbocycles. The Morgan fingerprint density at radius 2 is 1.97 bits per heavy atom. The fourth-order valence-electron chi connectivity index (χ4n) is 8.17. The molecule has 162 valence electrons. The van der Waals surface area contributed by atoms with Crippen LogP contribution in [0, 0.1) is 53.3 Å². The van der Waals surface area contributed by atoms with E-state index in [1.54, 1.807) is 0 Å². The molecule has 0 saturated heterocycles. The Bertz CT molecular complexity index is 694. The molecule has 0 heterocycles. The van der Waals surface area contributed by atoms with Crippen molar-refractivity contribution in [3.63, 3.8) is 0 Å². The molecule has 0 amide bonds. The maximum absolute atomic E-state index is 10.6. The Hall–Kier alpha value is -0.780. The largest absolute Gasteiger partial charge is 0.390 e. The smallest absolute Gasteiger partial charge is 0.128 e. The lowest BCUT2D eigenvalue weighted by Gasteiger charge is -2.55. The van der Waals surface area contributed by atoms with Gasteiger partial charge in [0, 0.05) is 6.42 Å². The summed E-state index contributed by atoms with van der Waals surface area (Å²) in [5.41, 5.74) is 0.498. The van der Waals surface area contributed by atoms with E-state index >= 15 is 0 Å². The number of allylic oxidation sites excluding steroid dienone is 1. The van der Waals surface area contributed by atoms with Gasteiger partial charge in [-0.1, -0.05) is 31.4 Å². The van der Waals surface area contributed by atoms with E-state index in [0.717, 1.165) is 49.4 Å². The molecule has 4 aliphatic carbocycles. The van der Waals surface area contributed by atoms with Crippen molar-refractivity contribution in [1.29, 1.82) is 0 Å². The Morgan fingerprint density at radius 3 is 2.66 bits per heavy atom. The molecule has 0 aromatic carbocycles. The zero-order valence-electron chi connectivity index (χ0n) is 19.1. The summed E-state index contributed by atoms with van der Waals surface area (Å²) in [7, 11) is 0. The van der Waals surface area contributed by atoms with Crippen molar-refractivity contribution in [3.8, 4) is 12.3 Å². The quantitative estimate of drug-likeness (QED) is 0.469. The lowest BCUT2D eigenvalue weighted by molar-refractivity contribution is -0.0367. The van der Waals surface area contributed by atoms with E-state index in [4.69, 9.17) is 6.42 Å². The molecular weight excluding hydrogens is 356 g/mol. The average molecular weight is 399 g/mol. The van der Waals surface area contributed by atoms with E-state index in [1.165, 1.54) is 37.7 Å². The summed E-state index contributed by atoms with van der Waals surface area (Å²) in [6, 6.07) is 0. The number of aliphatic hydroxyl groups is 2. The second kappa shape index (κ2) is 7.42. The summed E-state index contributed by atoms with van der Waals surface area (Å²) in [6.07, 6.45) is 19.4. The average Bonchev–Trinajstić information content (AvgIpc) is 3.02. The molecule has 4 rings (SSSR count). The van der Waals surface area contributed by atoms with Crippen molar-refractivity contribution < 1.29 is 10.2 Å². The first-order valence-electron chi connectivity index (χ1n) is 12.2. The molecule has 0 aromatic heterocycles. The van der Waals surface area contributed by atoms with Crippen molar-refractivity contribution in [1.82, 2.24) is 0 Å². The molecular formula is C27H42O2. The minimum absolute atomic E-state index is 0.472. The predicted octanol–water partition coefficient (Wildman–Crippen LogP) is 5.73. The minimum Gasteiger partial charge on any atom is -0.390 e. The van der Waals surface area contributed by atoms with Gasteiger partial charge in [0.05, 0.1) is 5.60 Å². The highest BCUT2D eigenvalue weighted by molar-refractivity contribution is 5.26. The molecule has 2 nitrogen and oxygen atoms in total. The number of hydrogen-bond donors (Lipinski definition) is 2. The normalized spacial score (nSPS) is 45.4. The van der Waals surface area contributed by atoms with Gasteiger partial charge in [0.2, 0.25) is 0 Å². The number of hydrogen-bond acceptors (Lipinski definition) is 2. The highest BCUT2D eigenvalue weighted by Crippen LogP contribution is 2.65. The van der Waals surface area contributed by atoms with Crippen molar-refractivity contribution in [2.24, 2.45) is 40.9 Å². The van der Waals surface area contributed by atoms with Crippen LogP contribution in [-0.4, -0.2) is 21.4 Å². The molecule has 4 aliphatic rings. The van der Waals surface area contributed by atoms with E-state index in [2.05, 4.69) is 25.8 Å². The molecule has 0 aliphatic heterocycles. The molecule has 0 bridgehead atoms. The van der Waals surface area contributed by atoms with E-state index in [-0.39, 0.29) is 0 Å². The van der Waals surface area contributed by atoms with Crippen LogP contribution in [0.1, 0.15) is 91.9 Å². The summed E-state index contributed by atoms with van der Waals surface area (Å²) < 4.78 is 0. The third kappa shape index (κ3) is 3.83. The van der Waals surface area contributed by atoms with Crippen LogP contribution in [0.4, 0.5) is 0 Å². The summed E-state index contributed by atoms with van der Waals surface area (Å²) in [5, 5.41) is 20.8. The zero-order chi connectivity index (χ0) is 21.0. The van der Waals surface area contributed by atoms with Crippen LogP contribution in [-0.2, 0) is 0 Å². The molecule has 3 fully saturated rings. The van der Waals surface area contributed by atoms with Gasteiger partial charge in [-0.25, -0.2) is 0 Å².